The van der Waals surface area contributed by atoms with Gasteiger partial charge in [0.1, 0.15) is 5.82 Å². The van der Waals surface area contributed by atoms with Crippen LogP contribution in [0.5, 0.6) is 0 Å². The smallest absolute Gasteiger partial charge is 0.257 e. The van der Waals surface area contributed by atoms with E-state index in [4.69, 9.17) is 4.52 Å². The molecule has 0 atom stereocenters. The number of hydrogen-bond donors (Lipinski definition) is 1. The summed E-state index contributed by atoms with van der Waals surface area (Å²) in [6.07, 6.45) is 0. The number of halogens is 1. The first-order chi connectivity index (χ1) is 9.33. The second kappa shape index (κ2) is 5.68. The third-order valence-corrected chi connectivity index (χ3v) is 2.63. The van der Waals surface area contributed by atoms with Crippen molar-refractivity contribution in [3.63, 3.8) is 0 Å². The zero-order chi connectivity index (χ0) is 14.8. The number of aliphatic hydroxyl groups is 1. The van der Waals surface area contributed by atoms with E-state index >= 15 is 0 Å². The van der Waals surface area contributed by atoms with Crippen LogP contribution in [-0.4, -0.2) is 39.3 Å². The molecule has 0 spiro atoms. The maximum absolute atomic E-state index is 12.8. The maximum atomic E-state index is 12.8. The van der Waals surface area contributed by atoms with E-state index < -0.39 is 5.60 Å². The second-order valence-electron chi connectivity index (χ2n) is 5.51. The summed E-state index contributed by atoms with van der Waals surface area (Å²) in [5.74, 6) is 0.575. The normalized spacial score (nSPS) is 12.1. The van der Waals surface area contributed by atoms with Gasteiger partial charge in [0.2, 0.25) is 0 Å². The highest BCUT2D eigenvalue weighted by atomic mass is 19.1. The van der Waals surface area contributed by atoms with E-state index in [-0.39, 0.29) is 5.82 Å². The van der Waals surface area contributed by atoms with Crippen LogP contribution in [0.15, 0.2) is 28.8 Å². The highest BCUT2D eigenvalue weighted by molar-refractivity contribution is 5.52. The fraction of sp³-hybridized carbons (Fsp3) is 0.429. The van der Waals surface area contributed by atoms with E-state index in [0.29, 0.717) is 30.4 Å². The molecular formula is C14H18FN3O2. The number of likely N-dealkylation sites (N-methyl/N-ethyl adjacent to an activating group) is 1. The van der Waals surface area contributed by atoms with Crippen LogP contribution in [0, 0.1) is 5.82 Å². The SMILES string of the molecule is CN(Cc1noc(-c2ccc(F)cc2)n1)CC(C)(C)O. The summed E-state index contributed by atoms with van der Waals surface area (Å²) in [5, 5.41) is 13.6. The van der Waals surface area contributed by atoms with E-state index in [1.54, 1.807) is 26.0 Å². The van der Waals surface area contributed by atoms with E-state index in [0.717, 1.165) is 0 Å². The lowest BCUT2D eigenvalue weighted by Gasteiger charge is -2.24. The fourth-order valence-electron chi connectivity index (χ4n) is 1.99. The molecule has 0 fully saturated rings. The first kappa shape index (κ1) is 14.6. The van der Waals surface area contributed by atoms with Gasteiger partial charge < -0.3 is 9.63 Å². The summed E-state index contributed by atoms with van der Waals surface area (Å²) in [6, 6.07) is 5.87. The summed E-state index contributed by atoms with van der Waals surface area (Å²) in [7, 11) is 1.87. The highest BCUT2D eigenvalue weighted by Crippen LogP contribution is 2.17. The van der Waals surface area contributed by atoms with Crippen LogP contribution >= 0.6 is 0 Å². The van der Waals surface area contributed by atoms with Crippen molar-refractivity contribution in [1.82, 2.24) is 15.0 Å². The molecule has 0 unspecified atom stereocenters. The predicted octanol–water partition coefficient (Wildman–Crippen LogP) is 2.08. The Kier molecular flexibility index (Phi) is 4.15. The Hall–Kier alpha value is -1.79. The number of benzene rings is 1. The number of rotatable bonds is 5. The van der Waals surface area contributed by atoms with Crippen molar-refractivity contribution in [2.45, 2.75) is 26.0 Å². The van der Waals surface area contributed by atoms with Gasteiger partial charge in [0.25, 0.3) is 5.89 Å². The molecule has 0 saturated heterocycles. The van der Waals surface area contributed by atoms with Crippen molar-refractivity contribution in [2.75, 3.05) is 13.6 Å². The molecule has 0 saturated carbocycles. The van der Waals surface area contributed by atoms with Crippen molar-refractivity contribution < 1.29 is 14.0 Å². The van der Waals surface area contributed by atoms with Gasteiger partial charge in [-0.05, 0) is 45.2 Å². The lowest BCUT2D eigenvalue weighted by Crippen LogP contribution is -2.36. The number of aromatic nitrogens is 2. The minimum atomic E-state index is -0.779. The largest absolute Gasteiger partial charge is 0.389 e. The van der Waals surface area contributed by atoms with Crippen LogP contribution in [0.3, 0.4) is 0 Å². The quantitative estimate of drug-likeness (QED) is 0.908. The van der Waals surface area contributed by atoms with Crippen molar-refractivity contribution >= 4 is 0 Å². The van der Waals surface area contributed by atoms with Crippen molar-refractivity contribution in [3.8, 4) is 11.5 Å². The maximum Gasteiger partial charge on any atom is 0.257 e. The Labute approximate surface area is 117 Å². The summed E-state index contributed by atoms with van der Waals surface area (Å²) in [6.45, 7) is 4.44. The number of hydrogen-bond acceptors (Lipinski definition) is 5. The molecule has 1 aromatic heterocycles. The fourth-order valence-corrected chi connectivity index (χ4v) is 1.99. The van der Waals surface area contributed by atoms with Gasteiger partial charge in [0.15, 0.2) is 5.82 Å². The minimum Gasteiger partial charge on any atom is -0.389 e. The molecular weight excluding hydrogens is 261 g/mol. The average molecular weight is 279 g/mol. The Morgan fingerprint density at radius 3 is 2.55 bits per heavy atom. The molecule has 0 amide bonds. The summed E-state index contributed by atoms with van der Waals surface area (Å²) in [5.41, 5.74) is -0.103. The molecule has 1 heterocycles. The first-order valence-electron chi connectivity index (χ1n) is 6.33. The first-order valence-corrected chi connectivity index (χ1v) is 6.33. The Balaban J connectivity index is 2.04. The third kappa shape index (κ3) is 4.11. The molecule has 0 aliphatic heterocycles. The average Bonchev–Trinajstić information content (AvgIpc) is 2.75. The minimum absolute atomic E-state index is 0.307. The van der Waals surface area contributed by atoms with Crippen LogP contribution in [0.4, 0.5) is 4.39 Å². The standard InChI is InChI=1S/C14H18FN3O2/c1-14(2,19)9-18(3)8-12-16-13(20-17-12)10-4-6-11(15)7-5-10/h4-7,19H,8-9H2,1-3H3. The lowest BCUT2D eigenvalue weighted by atomic mass is 10.1. The molecule has 0 aliphatic carbocycles. The topological polar surface area (TPSA) is 62.4 Å². The molecule has 2 aromatic rings. The second-order valence-corrected chi connectivity index (χ2v) is 5.51. The van der Waals surface area contributed by atoms with Crippen molar-refractivity contribution in [3.05, 3.63) is 35.9 Å². The monoisotopic (exact) mass is 279 g/mol. The lowest BCUT2D eigenvalue weighted by molar-refractivity contribution is 0.0416. The Morgan fingerprint density at radius 2 is 1.95 bits per heavy atom. The molecule has 2 rings (SSSR count). The third-order valence-electron chi connectivity index (χ3n) is 2.63. The van der Waals surface area contributed by atoms with E-state index in [1.165, 1.54) is 12.1 Å². The number of nitrogens with zero attached hydrogens (tertiary/aromatic N) is 3. The van der Waals surface area contributed by atoms with Crippen LogP contribution in [0.25, 0.3) is 11.5 Å². The van der Waals surface area contributed by atoms with Gasteiger partial charge in [0.05, 0.1) is 12.1 Å². The van der Waals surface area contributed by atoms with Crippen LogP contribution in [-0.2, 0) is 6.54 Å². The predicted molar refractivity (Wildman–Crippen MR) is 72.3 cm³/mol. The summed E-state index contributed by atoms with van der Waals surface area (Å²) < 4.78 is 18.0. The summed E-state index contributed by atoms with van der Waals surface area (Å²) >= 11 is 0. The highest BCUT2D eigenvalue weighted by Gasteiger charge is 2.17. The van der Waals surface area contributed by atoms with E-state index in [1.807, 2.05) is 11.9 Å². The van der Waals surface area contributed by atoms with Crippen molar-refractivity contribution in [2.24, 2.45) is 0 Å². The van der Waals surface area contributed by atoms with Gasteiger partial charge in [0, 0.05) is 12.1 Å². The zero-order valence-electron chi connectivity index (χ0n) is 11.8. The molecule has 0 radical (unpaired) electrons. The van der Waals surface area contributed by atoms with E-state index in [9.17, 15) is 9.50 Å². The van der Waals surface area contributed by atoms with Gasteiger partial charge in [-0.3, -0.25) is 4.90 Å². The van der Waals surface area contributed by atoms with Gasteiger partial charge in [-0.1, -0.05) is 5.16 Å². The summed E-state index contributed by atoms with van der Waals surface area (Å²) in [4.78, 5) is 6.16. The molecule has 1 aromatic carbocycles. The molecule has 5 nitrogen and oxygen atoms in total. The van der Waals surface area contributed by atoms with Crippen LogP contribution in [0.1, 0.15) is 19.7 Å². The molecule has 20 heavy (non-hydrogen) atoms. The van der Waals surface area contributed by atoms with Gasteiger partial charge in [-0.15, -0.1) is 0 Å². The van der Waals surface area contributed by atoms with Gasteiger partial charge >= 0.3 is 0 Å². The Bertz CT molecular complexity index is 561. The molecule has 0 aliphatic rings. The Morgan fingerprint density at radius 1 is 1.30 bits per heavy atom. The van der Waals surface area contributed by atoms with Gasteiger partial charge in [-0.2, -0.15) is 4.98 Å². The molecule has 0 bridgehead atoms. The zero-order valence-corrected chi connectivity index (χ0v) is 11.8. The molecule has 108 valence electrons. The molecule has 6 heteroatoms. The van der Waals surface area contributed by atoms with Crippen LogP contribution < -0.4 is 0 Å². The van der Waals surface area contributed by atoms with E-state index in [2.05, 4.69) is 10.1 Å². The van der Waals surface area contributed by atoms with Gasteiger partial charge in [-0.25, -0.2) is 4.39 Å². The van der Waals surface area contributed by atoms with Crippen LogP contribution in [0.2, 0.25) is 0 Å². The molecule has 1 N–H and O–H groups in total. The van der Waals surface area contributed by atoms with Crippen molar-refractivity contribution in [1.29, 1.82) is 0 Å².